The van der Waals surface area contributed by atoms with E-state index in [1.807, 2.05) is 16.7 Å². The summed E-state index contributed by atoms with van der Waals surface area (Å²) in [5.74, 6) is 0.403. The molecule has 5 heteroatoms. The van der Waals surface area contributed by atoms with E-state index in [0.717, 1.165) is 32.2 Å². The van der Waals surface area contributed by atoms with Gasteiger partial charge in [-0.05, 0) is 38.4 Å². The second kappa shape index (κ2) is 5.96. The van der Waals surface area contributed by atoms with E-state index in [0.29, 0.717) is 24.3 Å². The van der Waals surface area contributed by atoms with E-state index < -0.39 is 0 Å². The summed E-state index contributed by atoms with van der Waals surface area (Å²) in [7, 11) is 0. The van der Waals surface area contributed by atoms with Crippen molar-refractivity contribution >= 4 is 23.6 Å². The summed E-state index contributed by atoms with van der Waals surface area (Å²) in [6, 6.07) is 0.210. The van der Waals surface area contributed by atoms with E-state index in [1.165, 1.54) is 12.8 Å². The SMILES string of the molecule is CSC1CCCC(N2CCC(=O)N3CCCC3C2=O)C1. The minimum absolute atomic E-state index is 0.153. The zero-order chi connectivity index (χ0) is 14.1. The van der Waals surface area contributed by atoms with Crippen LogP contribution in [0.5, 0.6) is 0 Å². The van der Waals surface area contributed by atoms with E-state index in [-0.39, 0.29) is 17.9 Å². The molecule has 20 heavy (non-hydrogen) atoms. The van der Waals surface area contributed by atoms with Crippen molar-refractivity contribution in [1.82, 2.24) is 9.80 Å². The Hall–Kier alpha value is -0.710. The van der Waals surface area contributed by atoms with Crippen LogP contribution in [-0.4, -0.2) is 58.3 Å². The molecular formula is C15H24N2O2S. The summed E-state index contributed by atoms with van der Waals surface area (Å²) in [4.78, 5) is 28.8. The largest absolute Gasteiger partial charge is 0.337 e. The second-order valence-electron chi connectivity index (χ2n) is 6.20. The fourth-order valence-corrected chi connectivity index (χ4v) is 4.78. The molecule has 3 fully saturated rings. The van der Waals surface area contributed by atoms with Crippen molar-refractivity contribution in [2.45, 2.75) is 62.3 Å². The van der Waals surface area contributed by atoms with Crippen LogP contribution in [-0.2, 0) is 9.59 Å². The fraction of sp³-hybridized carbons (Fsp3) is 0.867. The average Bonchev–Trinajstić information content (AvgIpc) is 2.93. The Kier molecular flexibility index (Phi) is 4.24. The highest BCUT2D eigenvalue weighted by molar-refractivity contribution is 7.99. The normalized spacial score (nSPS) is 35.1. The standard InChI is InChI=1S/C15H24N2O2S/c1-20-12-5-2-4-11(10-12)16-9-7-14(18)17-8-3-6-13(17)15(16)19/h11-13H,2-10H2,1H3. The van der Waals surface area contributed by atoms with Crippen LogP contribution in [0.4, 0.5) is 0 Å². The van der Waals surface area contributed by atoms with Crippen LogP contribution in [0.25, 0.3) is 0 Å². The van der Waals surface area contributed by atoms with Gasteiger partial charge >= 0.3 is 0 Å². The maximum atomic E-state index is 12.8. The van der Waals surface area contributed by atoms with Crippen molar-refractivity contribution in [3.05, 3.63) is 0 Å². The first kappa shape index (κ1) is 14.2. The maximum absolute atomic E-state index is 12.8. The molecule has 4 nitrogen and oxygen atoms in total. The van der Waals surface area contributed by atoms with E-state index in [4.69, 9.17) is 0 Å². The number of carbonyl (C=O) groups excluding carboxylic acids is 2. The third-order valence-corrected chi connectivity index (χ3v) is 6.18. The Bertz CT molecular complexity index is 401. The Morgan fingerprint density at radius 3 is 2.70 bits per heavy atom. The molecule has 0 N–H and O–H groups in total. The number of thioether (sulfide) groups is 1. The molecule has 0 radical (unpaired) electrons. The molecule has 1 saturated carbocycles. The van der Waals surface area contributed by atoms with Crippen molar-refractivity contribution in [2.24, 2.45) is 0 Å². The molecule has 3 rings (SSSR count). The lowest BCUT2D eigenvalue weighted by Crippen LogP contribution is -2.49. The lowest BCUT2D eigenvalue weighted by atomic mass is 9.93. The summed E-state index contributed by atoms with van der Waals surface area (Å²) in [5.41, 5.74) is 0. The Labute approximate surface area is 125 Å². The van der Waals surface area contributed by atoms with Gasteiger partial charge in [0.1, 0.15) is 6.04 Å². The quantitative estimate of drug-likeness (QED) is 0.781. The van der Waals surface area contributed by atoms with Gasteiger partial charge in [-0.2, -0.15) is 11.8 Å². The zero-order valence-electron chi connectivity index (χ0n) is 12.2. The van der Waals surface area contributed by atoms with Gasteiger partial charge in [0.25, 0.3) is 0 Å². The third kappa shape index (κ3) is 2.57. The summed E-state index contributed by atoms with van der Waals surface area (Å²) >= 11 is 1.92. The molecule has 0 bridgehead atoms. The Balaban J connectivity index is 1.75. The van der Waals surface area contributed by atoms with E-state index in [2.05, 4.69) is 11.2 Å². The highest BCUT2D eigenvalue weighted by atomic mass is 32.2. The molecule has 112 valence electrons. The van der Waals surface area contributed by atoms with Crippen LogP contribution < -0.4 is 0 Å². The molecule has 1 aliphatic carbocycles. The van der Waals surface area contributed by atoms with Gasteiger partial charge in [0.05, 0.1) is 0 Å². The first-order valence-corrected chi connectivity index (χ1v) is 9.12. The van der Waals surface area contributed by atoms with Crippen LogP contribution in [0.3, 0.4) is 0 Å². The molecule has 2 saturated heterocycles. The van der Waals surface area contributed by atoms with Crippen molar-refractivity contribution in [3.63, 3.8) is 0 Å². The van der Waals surface area contributed by atoms with Crippen LogP contribution >= 0.6 is 11.8 Å². The van der Waals surface area contributed by atoms with Crippen molar-refractivity contribution in [1.29, 1.82) is 0 Å². The first-order chi connectivity index (χ1) is 9.70. The molecule has 0 spiro atoms. The van der Waals surface area contributed by atoms with Gasteiger partial charge in [-0.3, -0.25) is 9.59 Å². The molecular weight excluding hydrogens is 272 g/mol. The molecule has 0 aromatic heterocycles. The zero-order valence-corrected chi connectivity index (χ0v) is 13.0. The fourth-order valence-electron chi connectivity index (χ4n) is 3.96. The van der Waals surface area contributed by atoms with Gasteiger partial charge in [0.2, 0.25) is 11.8 Å². The Morgan fingerprint density at radius 2 is 1.90 bits per heavy atom. The minimum atomic E-state index is -0.153. The summed E-state index contributed by atoms with van der Waals surface area (Å²) in [5, 5.41) is 0.681. The monoisotopic (exact) mass is 296 g/mol. The predicted octanol–water partition coefficient (Wildman–Crippen LogP) is 1.88. The highest BCUT2D eigenvalue weighted by Gasteiger charge is 2.41. The summed E-state index contributed by atoms with van der Waals surface area (Å²) in [6.07, 6.45) is 9.23. The minimum Gasteiger partial charge on any atom is -0.337 e. The number of rotatable bonds is 2. The molecule has 2 heterocycles. The number of amides is 2. The second-order valence-corrected chi connectivity index (χ2v) is 7.34. The van der Waals surface area contributed by atoms with Gasteiger partial charge in [0, 0.05) is 30.8 Å². The van der Waals surface area contributed by atoms with E-state index in [1.54, 1.807) is 0 Å². The maximum Gasteiger partial charge on any atom is 0.245 e. The van der Waals surface area contributed by atoms with E-state index in [9.17, 15) is 9.59 Å². The average molecular weight is 296 g/mol. The Morgan fingerprint density at radius 1 is 1.05 bits per heavy atom. The van der Waals surface area contributed by atoms with Crippen LogP contribution in [0.1, 0.15) is 44.9 Å². The van der Waals surface area contributed by atoms with E-state index >= 15 is 0 Å². The van der Waals surface area contributed by atoms with Gasteiger partial charge in [-0.25, -0.2) is 0 Å². The third-order valence-electron chi connectivity index (χ3n) is 5.08. The lowest BCUT2D eigenvalue weighted by Gasteiger charge is -2.37. The topological polar surface area (TPSA) is 40.6 Å². The molecule has 2 aliphatic heterocycles. The molecule has 3 aliphatic rings. The number of nitrogens with zero attached hydrogens (tertiary/aromatic N) is 2. The molecule has 0 aromatic carbocycles. The predicted molar refractivity (Wildman–Crippen MR) is 80.6 cm³/mol. The summed E-state index contributed by atoms with van der Waals surface area (Å²) in [6.45, 7) is 1.41. The van der Waals surface area contributed by atoms with Crippen molar-refractivity contribution in [3.8, 4) is 0 Å². The number of hydrogen-bond donors (Lipinski definition) is 0. The highest BCUT2D eigenvalue weighted by Crippen LogP contribution is 2.32. The summed E-state index contributed by atoms with van der Waals surface area (Å²) < 4.78 is 0. The van der Waals surface area contributed by atoms with Crippen molar-refractivity contribution < 1.29 is 9.59 Å². The first-order valence-electron chi connectivity index (χ1n) is 7.83. The number of hydrogen-bond acceptors (Lipinski definition) is 3. The molecule has 3 atom stereocenters. The van der Waals surface area contributed by atoms with Crippen molar-refractivity contribution in [2.75, 3.05) is 19.3 Å². The smallest absolute Gasteiger partial charge is 0.245 e. The van der Waals surface area contributed by atoms with Gasteiger partial charge in [0.15, 0.2) is 0 Å². The molecule has 3 unspecified atom stereocenters. The van der Waals surface area contributed by atoms with Gasteiger partial charge < -0.3 is 9.80 Å². The van der Waals surface area contributed by atoms with Crippen LogP contribution in [0.15, 0.2) is 0 Å². The van der Waals surface area contributed by atoms with Crippen LogP contribution in [0, 0.1) is 0 Å². The molecule has 0 aromatic rings. The number of carbonyl (C=O) groups is 2. The van der Waals surface area contributed by atoms with Gasteiger partial charge in [-0.1, -0.05) is 6.42 Å². The van der Waals surface area contributed by atoms with Crippen LogP contribution in [0.2, 0.25) is 0 Å². The number of fused-ring (bicyclic) bond motifs is 1. The lowest BCUT2D eigenvalue weighted by molar-refractivity contribution is -0.141. The van der Waals surface area contributed by atoms with Gasteiger partial charge in [-0.15, -0.1) is 0 Å². The molecule has 2 amide bonds.